The molecule has 2 aliphatic heterocycles. The Kier molecular flexibility index (Phi) is 7.62. The smallest absolute Gasteiger partial charge is 0.352 e. The van der Waals surface area contributed by atoms with Crippen LogP contribution in [-0.2, 0) is 23.9 Å². The molecule has 198 valence electrons. The maximum atomic E-state index is 13.3. The third-order valence-electron chi connectivity index (χ3n) is 5.84. The van der Waals surface area contributed by atoms with Gasteiger partial charge in [-0.15, -0.1) is 11.8 Å². The van der Waals surface area contributed by atoms with E-state index in [9.17, 15) is 33.9 Å². The fourth-order valence-corrected chi connectivity index (χ4v) is 5.35. The Balaban J connectivity index is 1.54. The first-order chi connectivity index (χ1) is 18.1. The van der Waals surface area contributed by atoms with Gasteiger partial charge in [-0.3, -0.25) is 28.9 Å². The predicted octanol–water partition coefficient (Wildman–Crippen LogP) is -0.149. The molecule has 0 saturated carbocycles. The monoisotopic (exact) mass is 541 g/mol. The number of nitrogens with zero attached hydrogens (tertiary/aromatic N) is 2. The SMILES string of the molecule is CC(=O)OCC1=C(C(=O)O)N2C(=O)[C@@H](NC(=O)C(NC(=O)c3cnc(C)[nH]c3=O)c3ccccc3)[C@H]2SC1. The number of hydrogen-bond acceptors (Lipinski definition) is 9. The molecule has 1 aromatic heterocycles. The molecule has 0 radical (unpaired) electrons. The van der Waals surface area contributed by atoms with Crippen molar-refractivity contribution in [3.63, 3.8) is 0 Å². The van der Waals surface area contributed by atoms with Crippen molar-refractivity contribution >= 4 is 41.4 Å². The number of carbonyl (C=O) groups excluding carboxylic acids is 4. The second-order valence-electron chi connectivity index (χ2n) is 8.46. The highest BCUT2D eigenvalue weighted by Crippen LogP contribution is 2.40. The standard InChI is InChI=1S/C24H23N5O8S/c1-11-25-8-15(19(31)26-11)20(32)27-16(13-6-4-3-5-7-13)21(33)28-17-22(34)29-18(24(35)36)14(9-37-12(2)30)10-38-23(17)29/h3-8,16-17,23H,9-10H2,1-2H3,(H,27,32)(H,28,33)(H,35,36)(H,25,26,31)/t16?,17-,23-/m1/s1. The van der Waals surface area contributed by atoms with E-state index in [0.717, 1.165) is 11.1 Å². The van der Waals surface area contributed by atoms with Gasteiger partial charge in [-0.05, 0) is 12.5 Å². The zero-order valence-electron chi connectivity index (χ0n) is 20.2. The van der Waals surface area contributed by atoms with Gasteiger partial charge in [-0.25, -0.2) is 9.78 Å². The van der Waals surface area contributed by atoms with Gasteiger partial charge in [-0.1, -0.05) is 30.3 Å². The van der Waals surface area contributed by atoms with Crippen molar-refractivity contribution in [2.24, 2.45) is 0 Å². The number of β-lactam (4-membered cyclic amide) rings is 1. The number of esters is 1. The van der Waals surface area contributed by atoms with Gasteiger partial charge in [0.15, 0.2) is 0 Å². The molecule has 14 heteroatoms. The summed E-state index contributed by atoms with van der Waals surface area (Å²) in [7, 11) is 0. The zero-order valence-corrected chi connectivity index (χ0v) is 21.0. The van der Waals surface area contributed by atoms with Crippen LogP contribution in [0.1, 0.15) is 34.7 Å². The van der Waals surface area contributed by atoms with Crippen molar-refractivity contribution in [3.8, 4) is 0 Å². The normalized spacial score (nSPS) is 19.1. The second-order valence-corrected chi connectivity index (χ2v) is 9.57. The number of aryl methyl sites for hydroxylation is 1. The zero-order chi connectivity index (χ0) is 27.6. The largest absolute Gasteiger partial charge is 0.477 e. The van der Waals surface area contributed by atoms with Gasteiger partial charge in [0.25, 0.3) is 17.4 Å². The highest BCUT2D eigenvalue weighted by Gasteiger charge is 2.54. The summed E-state index contributed by atoms with van der Waals surface area (Å²) in [6.45, 7) is 2.47. The first-order valence-corrected chi connectivity index (χ1v) is 12.4. The van der Waals surface area contributed by atoms with Crippen LogP contribution in [0.5, 0.6) is 0 Å². The number of benzene rings is 1. The summed E-state index contributed by atoms with van der Waals surface area (Å²) in [4.78, 5) is 81.8. The topological polar surface area (TPSA) is 188 Å². The molecule has 0 spiro atoms. The lowest BCUT2D eigenvalue weighted by molar-refractivity contribution is -0.151. The number of carboxylic acids is 1. The summed E-state index contributed by atoms with van der Waals surface area (Å²) in [6.07, 6.45) is 1.10. The van der Waals surface area contributed by atoms with Crippen LogP contribution < -0.4 is 16.2 Å². The van der Waals surface area contributed by atoms with Crippen molar-refractivity contribution in [2.45, 2.75) is 31.3 Å². The van der Waals surface area contributed by atoms with Gasteiger partial charge in [0.05, 0.1) is 0 Å². The van der Waals surface area contributed by atoms with Gasteiger partial charge in [0.1, 0.15) is 41.1 Å². The number of thioether (sulfide) groups is 1. The number of amides is 3. The van der Waals surface area contributed by atoms with E-state index in [1.165, 1.54) is 18.7 Å². The summed E-state index contributed by atoms with van der Waals surface area (Å²) in [5.74, 6) is -3.71. The van der Waals surface area contributed by atoms with Crippen LogP contribution >= 0.6 is 11.8 Å². The molecule has 1 saturated heterocycles. The van der Waals surface area contributed by atoms with E-state index in [1.807, 2.05) is 0 Å². The maximum absolute atomic E-state index is 13.3. The van der Waals surface area contributed by atoms with E-state index >= 15 is 0 Å². The Morgan fingerprint density at radius 2 is 1.95 bits per heavy atom. The van der Waals surface area contributed by atoms with Gasteiger partial charge < -0.3 is 25.5 Å². The number of carboxylic acid groups (broad SMARTS) is 1. The molecule has 3 atom stereocenters. The molecule has 3 amide bonds. The average molecular weight is 542 g/mol. The van der Waals surface area contributed by atoms with Crippen molar-refractivity contribution in [3.05, 3.63) is 75.1 Å². The van der Waals surface area contributed by atoms with Gasteiger partial charge >= 0.3 is 11.9 Å². The molecule has 2 aliphatic rings. The van der Waals surface area contributed by atoms with Crippen LogP contribution in [-0.4, -0.2) is 73.4 Å². The first kappa shape index (κ1) is 26.6. The quantitative estimate of drug-likeness (QED) is 0.258. The van der Waals surface area contributed by atoms with Gasteiger partial charge in [-0.2, -0.15) is 0 Å². The van der Waals surface area contributed by atoms with E-state index in [0.29, 0.717) is 11.4 Å². The van der Waals surface area contributed by atoms with Crippen LogP contribution in [0.4, 0.5) is 0 Å². The first-order valence-electron chi connectivity index (χ1n) is 11.3. The molecule has 3 heterocycles. The third-order valence-corrected chi connectivity index (χ3v) is 7.18. The molecule has 38 heavy (non-hydrogen) atoms. The summed E-state index contributed by atoms with van der Waals surface area (Å²) in [5, 5.41) is 14.1. The molecule has 0 bridgehead atoms. The minimum Gasteiger partial charge on any atom is -0.477 e. The molecule has 1 unspecified atom stereocenters. The summed E-state index contributed by atoms with van der Waals surface area (Å²) < 4.78 is 4.91. The number of ether oxygens (including phenoxy) is 1. The number of nitrogens with one attached hydrogen (secondary N) is 3. The Bertz CT molecular complexity index is 1410. The van der Waals surface area contributed by atoms with Gasteiger partial charge in [0, 0.05) is 24.4 Å². The number of aromatic nitrogens is 2. The number of rotatable bonds is 8. The molecular formula is C24H23N5O8S. The predicted molar refractivity (Wildman–Crippen MR) is 133 cm³/mol. The van der Waals surface area contributed by atoms with E-state index < -0.39 is 52.7 Å². The van der Waals surface area contributed by atoms with Crippen LogP contribution in [0.25, 0.3) is 0 Å². The molecule has 1 fully saturated rings. The lowest BCUT2D eigenvalue weighted by atomic mass is 10.0. The Morgan fingerprint density at radius 3 is 2.58 bits per heavy atom. The molecule has 1 aromatic carbocycles. The number of aromatic amines is 1. The van der Waals surface area contributed by atoms with E-state index in [2.05, 4.69) is 20.6 Å². The molecule has 0 aliphatic carbocycles. The van der Waals surface area contributed by atoms with Crippen LogP contribution in [0.3, 0.4) is 0 Å². The van der Waals surface area contributed by atoms with Crippen LogP contribution in [0, 0.1) is 6.92 Å². The Morgan fingerprint density at radius 1 is 1.24 bits per heavy atom. The second kappa shape index (κ2) is 10.9. The average Bonchev–Trinajstić information content (AvgIpc) is 2.88. The molecule has 4 N–H and O–H groups in total. The lowest BCUT2D eigenvalue weighted by Crippen LogP contribution is -2.71. The van der Waals surface area contributed by atoms with Crippen LogP contribution in [0.15, 0.2) is 52.6 Å². The van der Waals surface area contributed by atoms with E-state index in [1.54, 1.807) is 37.3 Å². The fraction of sp³-hybridized carbons (Fsp3) is 0.292. The van der Waals surface area contributed by atoms with E-state index in [4.69, 9.17) is 4.74 Å². The minimum absolute atomic E-state index is 0.164. The number of carbonyl (C=O) groups is 5. The molecule has 4 rings (SSSR count). The molecular weight excluding hydrogens is 518 g/mol. The summed E-state index contributed by atoms with van der Waals surface area (Å²) in [5.41, 5.74) is -0.606. The van der Waals surface area contributed by atoms with Crippen molar-refractivity contribution in [2.75, 3.05) is 12.4 Å². The Hall–Kier alpha value is -4.46. The molecule has 2 aromatic rings. The number of aliphatic carboxylic acids is 1. The van der Waals surface area contributed by atoms with E-state index in [-0.39, 0.29) is 29.2 Å². The lowest BCUT2D eigenvalue weighted by Gasteiger charge is -2.49. The van der Waals surface area contributed by atoms with Crippen molar-refractivity contribution < 1.29 is 33.8 Å². The third kappa shape index (κ3) is 5.29. The number of fused-ring (bicyclic) bond motifs is 1. The summed E-state index contributed by atoms with van der Waals surface area (Å²) >= 11 is 1.21. The number of hydrogen-bond donors (Lipinski definition) is 4. The maximum Gasteiger partial charge on any atom is 0.352 e. The Labute approximate surface area is 219 Å². The van der Waals surface area contributed by atoms with Crippen molar-refractivity contribution in [1.82, 2.24) is 25.5 Å². The number of H-pyrrole nitrogens is 1. The fourth-order valence-electron chi connectivity index (χ4n) is 4.02. The minimum atomic E-state index is -1.36. The van der Waals surface area contributed by atoms with Gasteiger partial charge in [0.2, 0.25) is 5.91 Å². The summed E-state index contributed by atoms with van der Waals surface area (Å²) in [6, 6.07) is 5.89. The highest BCUT2D eigenvalue weighted by atomic mass is 32.2. The van der Waals surface area contributed by atoms with Crippen LogP contribution in [0.2, 0.25) is 0 Å². The molecule has 13 nitrogen and oxygen atoms in total. The highest BCUT2D eigenvalue weighted by molar-refractivity contribution is 8.00. The van der Waals surface area contributed by atoms with Crippen molar-refractivity contribution in [1.29, 1.82) is 0 Å².